The number of para-hydroxylation sites is 1. The van der Waals surface area contributed by atoms with Gasteiger partial charge in [-0.15, -0.1) is 0 Å². The Kier molecular flexibility index (Phi) is 10.7. The fourth-order valence-corrected chi connectivity index (χ4v) is 4.98. The lowest BCUT2D eigenvalue weighted by Crippen LogP contribution is -2.54. The number of carbonyl (C=O) groups is 4. The molecule has 1 heterocycles. The molecule has 0 unspecified atom stereocenters. The minimum Gasteiger partial charge on any atom is -0.508 e. The third kappa shape index (κ3) is 9.35. The average molecular weight is 626 g/mol. The molecule has 3 atom stereocenters. The number of nitrogens with one attached hydrogen (secondary N) is 3. The van der Waals surface area contributed by atoms with Crippen LogP contribution in [-0.2, 0) is 22.4 Å². The molecule has 240 valence electrons. The van der Waals surface area contributed by atoms with E-state index in [2.05, 4.69) is 20.9 Å². The third-order valence-electron chi connectivity index (χ3n) is 7.22. The van der Waals surface area contributed by atoms with Crippen molar-refractivity contribution in [2.24, 2.45) is 5.73 Å². The summed E-state index contributed by atoms with van der Waals surface area (Å²) in [6.45, 7) is 5.59. The van der Waals surface area contributed by atoms with Gasteiger partial charge in [0, 0.05) is 22.9 Å². The number of primary amides is 1. The molecule has 4 aromatic rings. The predicted octanol–water partition coefficient (Wildman–Crippen LogP) is 2.77. The molecular weight excluding hydrogens is 586 g/mol. The topological polar surface area (TPSA) is 184 Å². The molecule has 0 saturated carbocycles. The number of aliphatic hydroxyl groups excluding tert-OH is 1. The van der Waals surface area contributed by atoms with Crippen LogP contribution in [0.5, 0.6) is 5.75 Å². The zero-order valence-corrected chi connectivity index (χ0v) is 26.0. The van der Waals surface area contributed by atoms with E-state index >= 15 is 0 Å². The first-order valence-electron chi connectivity index (χ1n) is 14.9. The lowest BCUT2D eigenvalue weighted by molar-refractivity contribution is -0.128. The van der Waals surface area contributed by atoms with Crippen molar-refractivity contribution in [1.82, 2.24) is 20.9 Å². The SMILES string of the molecule is CC(C)(C)NC(=O)c1ccccc1C[C@@H](O)[C@H](Cc1ccc(O)cc1)NC(=O)[C@H](CC(N)=O)NC(=O)c1ccc2ccccc2n1. The van der Waals surface area contributed by atoms with Crippen LogP contribution >= 0.6 is 0 Å². The van der Waals surface area contributed by atoms with Crippen molar-refractivity contribution < 1.29 is 29.4 Å². The number of phenolic OH excluding ortho intramolecular Hbond substituents is 1. The van der Waals surface area contributed by atoms with E-state index in [0.29, 0.717) is 22.2 Å². The molecule has 11 heteroatoms. The number of aromatic nitrogens is 1. The van der Waals surface area contributed by atoms with Gasteiger partial charge < -0.3 is 31.9 Å². The van der Waals surface area contributed by atoms with Gasteiger partial charge in [0.1, 0.15) is 17.5 Å². The van der Waals surface area contributed by atoms with Crippen LogP contribution in [-0.4, -0.2) is 62.6 Å². The summed E-state index contributed by atoms with van der Waals surface area (Å²) in [5.41, 5.74) is 7.22. The van der Waals surface area contributed by atoms with Crippen molar-refractivity contribution >= 4 is 34.5 Å². The molecule has 0 aliphatic carbocycles. The summed E-state index contributed by atoms with van der Waals surface area (Å²) in [6, 6.07) is 21.3. The molecular formula is C35H39N5O6. The molecule has 1 aromatic heterocycles. The monoisotopic (exact) mass is 625 g/mol. The Morgan fingerprint density at radius 2 is 1.50 bits per heavy atom. The number of carbonyl (C=O) groups excluding carboxylic acids is 4. The van der Waals surface area contributed by atoms with Crippen LogP contribution in [0.2, 0.25) is 0 Å². The molecule has 0 radical (unpaired) electrons. The number of nitrogens with two attached hydrogens (primary N) is 1. The average Bonchev–Trinajstić information content (AvgIpc) is 3.00. The first kappa shape index (κ1) is 33.6. The molecule has 0 aliphatic heterocycles. The smallest absolute Gasteiger partial charge is 0.270 e. The number of aliphatic hydroxyl groups is 1. The standard InChI is InChI=1S/C35H39N5O6/c1-35(2,3)40-32(44)25-10-6-4-9-23(25)19-30(42)28(18-21-12-15-24(41)16-13-21)38-34(46)29(20-31(36)43)39-33(45)27-17-14-22-8-5-7-11-26(22)37-27/h4-17,28-30,41-42H,18-20H2,1-3H3,(H2,36,43)(H,38,46)(H,39,45)(H,40,44)/t28-,29-,30+/m0/s1. The highest BCUT2D eigenvalue weighted by Gasteiger charge is 2.30. The maximum absolute atomic E-state index is 13.6. The highest BCUT2D eigenvalue weighted by atomic mass is 16.3. The summed E-state index contributed by atoms with van der Waals surface area (Å²) < 4.78 is 0. The first-order chi connectivity index (χ1) is 21.8. The number of rotatable bonds is 12. The highest BCUT2D eigenvalue weighted by Crippen LogP contribution is 2.18. The van der Waals surface area contributed by atoms with Gasteiger partial charge in [-0.2, -0.15) is 0 Å². The number of nitrogens with zero attached hydrogens (tertiary/aromatic N) is 1. The Morgan fingerprint density at radius 1 is 0.826 bits per heavy atom. The van der Waals surface area contributed by atoms with Gasteiger partial charge in [0.15, 0.2) is 0 Å². The van der Waals surface area contributed by atoms with Gasteiger partial charge in [-0.25, -0.2) is 4.98 Å². The second-order valence-corrected chi connectivity index (χ2v) is 12.2. The van der Waals surface area contributed by atoms with Gasteiger partial charge >= 0.3 is 0 Å². The lowest BCUT2D eigenvalue weighted by Gasteiger charge is -2.28. The summed E-state index contributed by atoms with van der Waals surface area (Å²) in [5.74, 6) is -2.49. The Bertz CT molecular complexity index is 1720. The van der Waals surface area contributed by atoms with Crippen molar-refractivity contribution in [3.05, 3.63) is 107 Å². The number of fused-ring (bicyclic) bond motifs is 1. The van der Waals surface area contributed by atoms with Crippen molar-refractivity contribution in [1.29, 1.82) is 0 Å². The number of phenols is 1. The molecule has 0 fully saturated rings. The minimum atomic E-state index is -1.36. The molecule has 0 saturated heterocycles. The number of amides is 4. The van der Waals surface area contributed by atoms with Crippen LogP contribution in [0.1, 0.15) is 59.2 Å². The van der Waals surface area contributed by atoms with Crippen LogP contribution in [0, 0.1) is 0 Å². The van der Waals surface area contributed by atoms with Crippen LogP contribution < -0.4 is 21.7 Å². The van der Waals surface area contributed by atoms with E-state index in [0.717, 1.165) is 5.39 Å². The number of hydrogen-bond acceptors (Lipinski definition) is 7. The molecule has 0 bridgehead atoms. The summed E-state index contributed by atoms with van der Waals surface area (Å²) >= 11 is 0. The molecule has 4 rings (SSSR count). The molecule has 3 aromatic carbocycles. The normalized spacial score (nSPS) is 13.3. The second kappa shape index (κ2) is 14.7. The zero-order chi connectivity index (χ0) is 33.4. The first-order valence-corrected chi connectivity index (χ1v) is 14.9. The summed E-state index contributed by atoms with van der Waals surface area (Å²) in [6.07, 6.45) is -1.56. The Morgan fingerprint density at radius 3 is 2.20 bits per heavy atom. The lowest BCUT2D eigenvalue weighted by atomic mass is 9.93. The molecule has 0 aliphatic rings. The van der Waals surface area contributed by atoms with E-state index in [-0.39, 0.29) is 30.2 Å². The van der Waals surface area contributed by atoms with Crippen molar-refractivity contribution in [3.8, 4) is 5.75 Å². The number of hydrogen-bond donors (Lipinski definition) is 6. The fraction of sp³-hybridized carbons (Fsp3) is 0.286. The largest absolute Gasteiger partial charge is 0.508 e. The second-order valence-electron chi connectivity index (χ2n) is 12.2. The summed E-state index contributed by atoms with van der Waals surface area (Å²) in [5, 5.41) is 30.4. The number of aromatic hydroxyl groups is 1. The van der Waals surface area contributed by atoms with E-state index < -0.39 is 47.9 Å². The van der Waals surface area contributed by atoms with Crippen LogP contribution in [0.15, 0.2) is 84.9 Å². The van der Waals surface area contributed by atoms with E-state index in [1.807, 2.05) is 32.9 Å². The number of benzene rings is 3. The van der Waals surface area contributed by atoms with Crippen LogP contribution in [0.25, 0.3) is 10.9 Å². The Hall–Kier alpha value is -5.29. The predicted molar refractivity (Wildman–Crippen MR) is 174 cm³/mol. The van der Waals surface area contributed by atoms with E-state index in [9.17, 15) is 29.4 Å². The van der Waals surface area contributed by atoms with E-state index in [4.69, 9.17) is 5.73 Å². The minimum absolute atomic E-state index is 0.00458. The number of pyridine rings is 1. The third-order valence-corrected chi connectivity index (χ3v) is 7.22. The Labute approximate surface area is 267 Å². The van der Waals surface area contributed by atoms with Gasteiger partial charge in [0.05, 0.1) is 24.1 Å². The molecule has 7 N–H and O–H groups in total. The van der Waals surface area contributed by atoms with Gasteiger partial charge in [0.2, 0.25) is 11.8 Å². The quantitative estimate of drug-likeness (QED) is 0.140. The van der Waals surface area contributed by atoms with Gasteiger partial charge in [-0.1, -0.05) is 54.6 Å². The fourth-order valence-electron chi connectivity index (χ4n) is 4.98. The van der Waals surface area contributed by atoms with Gasteiger partial charge in [0.25, 0.3) is 11.8 Å². The van der Waals surface area contributed by atoms with Crippen LogP contribution in [0.4, 0.5) is 0 Å². The van der Waals surface area contributed by atoms with Crippen molar-refractivity contribution in [3.63, 3.8) is 0 Å². The maximum Gasteiger partial charge on any atom is 0.270 e. The van der Waals surface area contributed by atoms with E-state index in [1.54, 1.807) is 54.6 Å². The highest BCUT2D eigenvalue weighted by molar-refractivity contribution is 5.99. The van der Waals surface area contributed by atoms with Crippen molar-refractivity contribution in [2.75, 3.05) is 0 Å². The zero-order valence-electron chi connectivity index (χ0n) is 26.0. The Balaban J connectivity index is 1.58. The molecule has 46 heavy (non-hydrogen) atoms. The molecule has 0 spiro atoms. The molecule has 11 nitrogen and oxygen atoms in total. The van der Waals surface area contributed by atoms with Crippen LogP contribution in [0.3, 0.4) is 0 Å². The van der Waals surface area contributed by atoms with Crippen molar-refractivity contribution in [2.45, 2.75) is 63.8 Å². The van der Waals surface area contributed by atoms with E-state index in [1.165, 1.54) is 18.2 Å². The molecule has 4 amide bonds. The van der Waals surface area contributed by atoms with Gasteiger partial charge in [-0.3, -0.25) is 19.2 Å². The maximum atomic E-state index is 13.6. The van der Waals surface area contributed by atoms with Gasteiger partial charge in [-0.05, 0) is 68.7 Å². The summed E-state index contributed by atoms with van der Waals surface area (Å²) in [7, 11) is 0. The summed E-state index contributed by atoms with van der Waals surface area (Å²) in [4.78, 5) is 56.1.